The van der Waals surface area contributed by atoms with E-state index >= 15 is 0 Å². The minimum absolute atomic E-state index is 0.345. The Balaban J connectivity index is 1.81. The summed E-state index contributed by atoms with van der Waals surface area (Å²) >= 11 is 9.70. The van der Waals surface area contributed by atoms with Gasteiger partial charge < -0.3 is 4.90 Å². The van der Waals surface area contributed by atoms with Crippen LogP contribution in [-0.2, 0) is 19.4 Å². The van der Waals surface area contributed by atoms with Gasteiger partial charge in [-0.25, -0.2) is 4.98 Å². The van der Waals surface area contributed by atoms with Crippen LogP contribution in [0.5, 0.6) is 0 Å². The van der Waals surface area contributed by atoms with Gasteiger partial charge in [0.05, 0.1) is 5.39 Å². The first-order valence-corrected chi connectivity index (χ1v) is 9.08. The number of rotatable bonds is 2. The maximum Gasteiger partial charge on any atom is 0.225 e. The minimum atomic E-state index is 0.345. The monoisotopic (exact) mass is 335 g/mol. The Morgan fingerprint density at radius 1 is 1.38 bits per heavy atom. The highest BCUT2D eigenvalue weighted by atomic mass is 35.5. The fourth-order valence-electron chi connectivity index (χ4n) is 2.78. The molecule has 0 amide bonds. The van der Waals surface area contributed by atoms with Crippen molar-refractivity contribution in [1.29, 1.82) is 0 Å². The van der Waals surface area contributed by atoms with Gasteiger partial charge in [0.25, 0.3) is 0 Å². The third kappa shape index (κ3) is 2.33. The molecule has 0 fully saturated rings. The third-order valence-corrected chi connectivity index (χ3v) is 6.22. The molecule has 108 valence electrons. The topological polar surface area (TPSA) is 29.0 Å². The van der Waals surface area contributed by atoms with Gasteiger partial charge in [-0.05, 0) is 47.5 Å². The van der Waals surface area contributed by atoms with E-state index in [0.717, 1.165) is 42.0 Å². The molecule has 1 aliphatic rings. The van der Waals surface area contributed by atoms with Crippen molar-refractivity contribution in [3.8, 4) is 0 Å². The molecular formula is C15H14ClN3S2. The van der Waals surface area contributed by atoms with Crippen LogP contribution in [0.4, 0.5) is 5.82 Å². The van der Waals surface area contributed by atoms with E-state index in [1.54, 1.807) is 11.3 Å². The normalized spacial score (nSPS) is 14.7. The van der Waals surface area contributed by atoms with Crippen molar-refractivity contribution in [3.05, 3.63) is 38.1 Å². The maximum absolute atomic E-state index is 6.13. The molecule has 4 rings (SSSR count). The second-order valence-electron chi connectivity index (χ2n) is 5.14. The SMILES string of the molecule is CCc1cc2c(N3CCc4sccc4C3)nc(Cl)nc2s1. The number of aryl methyl sites for hydroxylation is 1. The molecule has 21 heavy (non-hydrogen) atoms. The van der Waals surface area contributed by atoms with Crippen LogP contribution in [0.25, 0.3) is 10.2 Å². The van der Waals surface area contributed by atoms with Gasteiger partial charge in [-0.3, -0.25) is 0 Å². The highest BCUT2D eigenvalue weighted by Gasteiger charge is 2.22. The van der Waals surface area contributed by atoms with Gasteiger partial charge in [-0.2, -0.15) is 4.98 Å². The molecule has 3 aromatic heterocycles. The number of aromatic nitrogens is 2. The number of nitrogens with zero attached hydrogens (tertiary/aromatic N) is 3. The van der Waals surface area contributed by atoms with Gasteiger partial charge in [0.2, 0.25) is 5.28 Å². The molecule has 0 aliphatic carbocycles. The van der Waals surface area contributed by atoms with Gasteiger partial charge in [0.15, 0.2) is 0 Å². The summed E-state index contributed by atoms with van der Waals surface area (Å²) in [6, 6.07) is 4.44. The van der Waals surface area contributed by atoms with Crippen LogP contribution in [0.3, 0.4) is 0 Å². The summed E-state index contributed by atoms with van der Waals surface area (Å²) in [5, 5.41) is 3.66. The quantitative estimate of drug-likeness (QED) is 0.644. The Labute approximate surface area is 136 Å². The lowest BCUT2D eigenvalue weighted by molar-refractivity contribution is 0.734. The summed E-state index contributed by atoms with van der Waals surface area (Å²) in [5.74, 6) is 0.984. The molecule has 3 aromatic rings. The van der Waals surface area contributed by atoms with E-state index in [-0.39, 0.29) is 0 Å². The predicted molar refractivity (Wildman–Crippen MR) is 90.9 cm³/mol. The van der Waals surface area contributed by atoms with Crippen molar-refractivity contribution in [2.24, 2.45) is 0 Å². The van der Waals surface area contributed by atoms with Crippen LogP contribution in [0, 0.1) is 0 Å². The van der Waals surface area contributed by atoms with Gasteiger partial charge in [0, 0.05) is 22.8 Å². The molecule has 0 bridgehead atoms. The van der Waals surface area contributed by atoms with Crippen LogP contribution in [0.2, 0.25) is 5.28 Å². The predicted octanol–water partition coefficient (Wildman–Crippen LogP) is 4.53. The van der Waals surface area contributed by atoms with E-state index in [4.69, 9.17) is 11.6 Å². The van der Waals surface area contributed by atoms with Crippen molar-refractivity contribution in [2.45, 2.75) is 26.3 Å². The Morgan fingerprint density at radius 3 is 3.14 bits per heavy atom. The summed E-state index contributed by atoms with van der Waals surface area (Å²) in [6.07, 6.45) is 2.10. The van der Waals surface area contributed by atoms with E-state index in [2.05, 4.69) is 39.3 Å². The van der Waals surface area contributed by atoms with Crippen LogP contribution in [-0.4, -0.2) is 16.5 Å². The lowest BCUT2D eigenvalue weighted by Gasteiger charge is -2.28. The Kier molecular flexibility index (Phi) is 3.36. The number of hydrogen-bond acceptors (Lipinski definition) is 5. The van der Waals surface area contributed by atoms with Crippen molar-refractivity contribution in [1.82, 2.24) is 9.97 Å². The largest absolute Gasteiger partial charge is 0.351 e. The zero-order valence-electron chi connectivity index (χ0n) is 11.6. The number of thiophene rings is 2. The number of hydrogen-bond donors (Lipinski definition) is 0. The highest BCUT2D eigenvalue weighted by molar-refractivity contribution is 7.18. The third-order valence-electron chi connectivity index (χ3n) is 3.85. The molecule has 4 heterocycles. The Morgan fingerprint density at radius 2 is 2.29 bits per heavy atom. The first kappa shape index (κ1) is 13.5. The zero-order valence-corrected chi connectivity index (χ0v) is 14.0. The first-order chi connectivity index (χ1) is 10.2. The highest BCUT2D eigenvalue weighted by Crippen LogP contribution is 2.35. The van der Waals surface area contributed by atoms with Crippen LogP contribution >= 0.6 is 34.3 Å². The molecule has 3 nitrogen and oxygen atoms in total. The van der Waals surface area contributed by atoms with E-state index in [9.17, 15) is 0 Å². The summed E-state index contributed by atoms with van der Waals surface area (Å²) in [6.45, 7) is 4.07. The van der Waals surface area contributed by atoms with Gasteiger partial charge in [-0.1, -0.05) is 6.92 Å². The standard InChI is InChI=1S/C15H14ClN3S2/c1-2-10-7-11-13(17-15(16)18-14(11)21-10)19-5-3-12-9(8-19)4-6-20-12/h4,6-7H,2-3,5,8H2,1H3. The van der Waals surface area contributed by atoms with Gasteiger partial charge in [-0.15, -0.1) is 22.7 Å². The molecule has 0 radical (unpaired) electrons. The fourth-order valence-corrected chi connectivity index (χ4v) is 4.84. The van der Waals surface area contributed by atoms with Crippen molar-refractivity contribution in [3.63, 3.8) is 0 Å². The van der Waals surface area contributed by atoms with E-state index in [1.807, 2.05) is 11.3 Å². The molecule has 0 atom stereocenters. The lowest BCUT2D eigenvalue weighted by atomic mass is 10.1. The van der Waals surface area contributed by atoms with E-state index in [1.165, 1.54) is 15.3 Å². The molecule has 0 aromatic carbocycles. The van der Waals surface area contributed by atoms with Crippen molar-refractivity contribution >= 4 is 50.3 Å². The van der Waals surface area contributed by atoms with Gasteiger partial charge in [0.1, 0.15) is 10.6 Å². The van der Waals surface area contributed by atoms with Crippen molar-refractivity contribution < 1.29 is 0 Å². The zero-order chi connectivity index (χ0) is 14.4. The van der Waals surface area contributed by atoms with E-state index < -0.39 is 0 Å². The number of fused-ring (bicyclic) bond motifs is 2. The molecular weight excluding hydrogens is 322 g/mol. The summed E-state index contributed by atoms with van der Waals surface area (Å²) in [4.78, 5) is 15.1. The molecule has 0 spiro atoms. The summed E-state index contributed by atoms with van der Waals surface area (Å²) in [7, 11) is 0. The van der Waals surface area contributed by atoms with Crippen LogP contribution < -0.4 is 4.90 Å². The minimum Gasteiger partial charge on any atom is -0.351 e. The van der Waals surface area contributed by atoms with Gasteiger partial charge >= 0.3 is 0 Å². The average Bonchev–Trinajstić information content (AvgIpc) is 3.11. The fraction of sp³-hybridized carbons (Fsp3) is 0.333. The van der Waals surface area contributed by atoms with Crippen LogP contribution in [0.1, 0.15) is 22.2 Å². The number of anilines is 1. The van der Waals surface area contributed by atoms with E-state index in [0.29, 0.717) is 5.28 Å². The second kappa shape index (κ2) is 5.23. The van der Waals surface area contributed by atoms with Crippen molar-refractivity contribution in [2.75, 3.05) is 11.4 Å². The molecule has 0 saturated heterocycles. The maximum atomic E-state index is 6.13. The lowest BCUT2D eigenvalue weighted by Crippen LogP contribution is -2.30. The molecule has 0 N–H and O–H groups in total. The molecule has 1 aliphatic heterocycles. The molecule has 0 unspecified atom stereocenters. The second-order valence-corrected chi connectivity index (χ2v) is 7.60. The van der Waals surface area contributed by atoms with Crippen LogP contribution in [0.15, 0.2) is 17.5 Å². The number of halogens is 1. The Hall–Kier alpha value is -1.17. The molecule has 0 saturated carbocycles. The smallest absolute Gasteiger partial charge is 0.225 e. The summed E-state index contributed by atoms with van der Waals surface area (Å²) in [5.41, 5.74) is 1.42. The summed E-state index contributed by atoms with van der Waals surface area (Å²) < 4.78 is 0. The Bertz CT molecular complexity index is 808. The first-order valence-electron chi connectivity index (χ1n) is 7.00. The molecule has 6 heteroatoms. The average molecular weight is 336 g/mol.